The highest BCUT2D eigenvalue weighted by Gasteiger charge is 2.32. The van der Waals surface area contributed by atoms with E-state index in [2.05, 4.69) is 9.88 Å². The van der Waals surface area contributed by atoms with Crippen LogP contribution < -0.4 is 15.0 Å². The van der Waals surface area contributed by atoms with Crippen LogP contribution in [0.15, 0.2) is 48.8 Å². The summed E-state index contributed by atoms with van der Waals surface area (Å²) in [6.45, 7) is 4.80. The number of ether oxygens (including phenoxy) is 3. The van der Waals surface area contributed by atoms with Crippen LogP contribution in [-0.2, 0) is 11.3 Å². The van der Waals surface area contributed by atoms with Crippen LogP contribution in [0.25, 0.3) is 0 Å². The van der Waals surface area contributed by atoms with Crippen LogP contribution >= 0.6 is 0 Å². The van der Waals surface area contributed by atoms with E-state index < -0.39 is 0 Å². The molecule has 8 nitrogen and oxygen atoms in total. The fourth-order valence-electron chi connectivity index (χ4n) is 4.34. The molecule has 1 saturated heterocycles. The second kappa shape index (κ2) is 8.64. The van der Waals surface area contributed by atoms with Crippen LogP contribution in [-0.4, -0.2) is 59.5 Å². The van der Waals surface area contributed by atoms with E-state index in [9.17, 15) is 5.11 Å². The summed E-state index contributed by atoms with van der Waals surface area (Å²) in [5.74, 6) is 1.61. The van der Waals surface area contributed by atoms with Crippen LogP contribution in [0, 0.1) is 5.41 Å². The molecule has 5 rings (SSSR count). The Hall–Kier alpha value is -3.36. The van der Waals surface area contributed by atoms with E-state index >= 15 is 0 Å². The number of aromatic hydroxyl groups is 1. The number of nitrogens with zero attached hydrogens (tertiary/aromatic N) is 3. The van der Waals surface area contributed by atoms with Crippen molar-refractivity contribution in [2.24, 2.45) is 0 Å². The number of phenols is 1. The molecule has 2 aromatic carbocycles. The molecule has 3 heterocycles. The van der Waals surface area contributed by atoms with Gasteiger partial charge in [-0.2, -0.15) is 0 Å². The molecule has 0 amide bonds. The third-order valence-electron chi connectivity index (χ3n) is 6.10. The smallest absolute Gasteiger partial charge is 0.228 e. The topological polar surface area (TPSA) is 92.8 Å². The molecule has 1 fully saturated rings. The van der Waals surface area contributed by atoms with Gasteiger partial charge in [-0.1, -0.05) is 18.2 Å². The molecule has 1 atom stereocenters. The highest BCUT2D eigenvalue weighted by molar-refractivity contribution is 5.57. The Morgan fingerprint density at radius 3 is 2.66 bits per heavy atom. The van der Waals surface area contributed by atoms with E-state index in [1.807, 2.05) is 34.9 Å². The fraction of sp³-hybridized carbons (Fsp3) is 0.333. The van der Waals surface area contributed by atoms with Crippen molar-refractivity contribution in [3.05, 3.63) is 71.0 Å². The number of fused-ring (bicyclic) bond motifs is 2. The number of hydrogen-bond donors (Lipinski definition) is 2. The van der Waals surface area contributed by atoms with Gasteiger partial charge in [-0.3, -0.25) is 10.3 Å². The van der Waals surface area contributed by atoms with Crippen molar-refractivity contribution in [1.29, 1.82) is 5.41 Å². The minimum atomic E-state index is -0.240. The predicted molar refractivity (Wildman–Crippen MR) is 117 cm³/mol. The lowest BCUT2D eigenvalue weighted by Gasteiger charge is -2.29. The molecule has 8 heteroatoms. The molecule has 1 aromatic heterocycles. The van der Waals surface area contributed by atoms with Gasteiger partial charge in [0.1, 0.15) is 29.1 Å². The second-order valence-electron chi connectivity index (χ2n) is 7.99. The first-order valence-electron chi connectivity index (χ1n) is 10.7. The van der Waals surface area contributed by atoms with Gasteiger partial charge in [0.2, 0.25) is 5.88 Å². The first-order valence-corrected chi connectivity index (χ1v) is 10.7. The highest BCUT2D eigenvalue weighted by atomic mass is 16.5. The maximum absolute atomic E-state index is 9.98. The third kappa shape index (κ3) is 3.83. The summed E-state index contributed by atoms with van der Waals surface area (Å²) < 4.78 is 18.7. The van der Waals surface area contributed by atoms with E-state index in [-0.39, 0.29) is 11.7 Å². The van der Waals surface area contributed by atoms with Crippen molar-refractivity contribution in [3.8, 4) is 23.1 Å². The summed E-state index contributed by atoms with van der Waals surface area (Å²) in [5.41, 5.74) is 2.99. The van der Waals surface area contributed by atoms with Crippen molar-refractivity contribution in [2.75, 3.05) is 40.0 Å². The molecule has 2 aliphatic heterocycles. The molecule has 166 valence electrons. The molecule has 0 spiro atoms. The maximum atomic E-state index is 9.98. The standard InChI is InChI=1S/C24H26N4O4/c1-30-18-5-2-16(3-6-18)21-19-7-4-17(29)14-20(19)32-24-22(21)23(25)28(15-26-24)9-8-27-10-12-31-13-11-27/h2-7,14-15,21,25,29H,8-13H2,1H3/t21-/m1/s1. The second-order valence-corrected chi connectivity index (χ2v) is 7.99. The molecular weight excluding hydrogens is 408 g/mol. The largest absolute Gasteiger partial charge is 0.508 e. The van der Waals surface area contributed by atoms with Gasteiger partial charge in [0.05, 0.1) is 25.9 Å². The molecule has 32 heavy (non-hydrogen) atoms. The van der Waals surface area contributed by atoms with Gasteiger partial charge in [0.25, 0.3) is 0 Å². The monoisotopic (exact) mass is 434 g/mol. The van der Waals surface area contributed by atoms with Crippen molar-refractivity contribution in [1.82, 2.24) is 14.5 Å². The summed E-state index contributed by atoms with van der Waals surface area (Å²) in [6, 6.07) is 12.9. The molecule has 0 saturated carbocycles. The number of aromatic nitrogens is 2. The zero-order valence-corrected chi connectivity index (χ0v) is 18.0. The number of benzene rings is 2. The van der Waals surface area contributed by atoms with Crippen molar-refractivity contribution in [2.45, 2.75) is 12.5 Å². The number of rotatable bonds is 5. The van der Waals surface area contributed by atoms with Crippen LogP contribution in [0.3, 0.4) is 0 Å². The minimum absolute atomic E-state index is 0.128. The van der Waals surface area contributed by atoms with Crippen LogP contribution in [0.1, 0.15) is 22.6 Å². The van der Waals surface area contributed by atoms with E-state index in [4.69, 9.17) is 19.6 Å². The van der Waals surface area contributed by atoms with E-state index in [0.717, 1.165) is 55.3 Å². The molecule has 0 unspecified atom stereocenters. The average molecular weight is 434 g/mol. The van der Waals surface area contributed by atoms with Crippen molar-refractivity contribution in [3.63, 3.8) is 0 Å². The highest BCUT2D eigenvalue weighted by Crippen LogP contribution is 2.46. The summed E-state index contributed by atoms with van der Waals surface area (Å²) in [7, 11) is 1.64. The van der Waals surface area contributed by atoms with Crippen molar-refractivity contribution >= 4 is 0 Å². The lowest BCUT2D eigenvalue weighted by molar-refractivity contribution is 0.0362. The summed E-state index contributed by atoms with van der Waals surface area (Å²) in [4.78, 5) is 6.89. The summed E-state index contributed by atoms with van der Waals surface area (Å²) in [6.07, 6.45) is 1.67. The van der Waals surface area contributed by atoms with E-state index in [1.165, 1.54) is 0 Å². The average Bonchev–Trinajstić information content (AvgIpc) is 2.83. The van der Waals surface area contributed by atoms with Gasteiger partial charge >= 0.3 is 0 Å². The zero-order chi connectivity index (χ0) is 22.1. The number of hydrogen-bond acceptors (Lipinski definition) is 7. The van der Waals surface area contributed by atoms with Gasteiger partial charge < -0.3 is 23.9 Å². The Kier molecular flexibility index (Phi) is 5.55. The van der Waals surface area contributed by atoms with Crippen LogP contribution in [0.2, 0.25) is 0 Å². The Bertz CT molecular complexity index is 1170. The lowest BCUT2D eigenvalue weighted by Crippen LogP contribution is -2.40. The molecule has 0 aliphatic carbocycles. The van der Waals surface area contributed by atoms with Gasteiger partial charge in [0, 0.05) is 43.7 Å². The Morgan fingerprint density at radius 1 is 1.12 bits per heavy atom. The predicted octanol–water partition coefficient (Wildman–Crippen LogP) is 2.69. The maximum Gasteiger partial charge on any atom is 0.228 e. The van der Waals surface area contributed by atoms with Crippen LogP contribution in [0.4, 0.5) is 0 Å². The first-order chi connectivity index (χ1) is 15.6. The number of phenolic OH excluding ortho intramolecular Hbond substituents is 1. The molecule has 2 aliphatic rings. The van der Waals surface area contributed by atoms with E-state index in [0.29, 0.717) is 23.7 Å². The Labute approximate surface area is 186 Å². The quantitative estimate of drug-likeness (QED) is 0.502. The molecule has 2 N–H and O–H groups in total. The van der Waals surface area contributed by atoms with Gasteiger partial charge in [0.15, 0.2) is 0 Å². The minimum Gasteiger partial charge on any atom is -0.508 e. The van der Waals surface area contributed by atoms with Gasteiger partial charge in [-0.05, 0) is 23.8 Å². The Morgan fingerprint density at radius 2 is 1.91 bits per heavy atom. The molecular formula is C24H26N4O4. The summed E-state index contributed by atoms with van der Waals surface area (Å²) >= 11 is 0. The lowest BCUT2D eigenvalue weighted by atomic mass is 9.84. The molecule has 0 radical (unpaired) electrons. The zero-order valence-electron chi connectivity index (χ0n) is 18.0. The van der Waals surface area contributed by atoms with E-state index in [1.54, 1.807) is 25.6 Å². The number of nitrogens with one attached hydrogen (secondary N) is 1. The summed E-state index contributed by atoms with van der Waals surface area (Å²) in [5, 5.41) is 19.0. The molecule has 3 aromatic rings. The Balaban J connectivity index is 1.55. The third-order valence-corrected chi connectivity index (χ3v) is 6.10. The van der Waals surface area contributed by atoms with Crippen molar-refractivity contribution < 1.29 is 19.3 Å². The number of morpholine rings is 1. The normalized spacial score (nSPS) is 17.8. The molecule has 0 bridgehead atoms. The van der Waals surface area contributed by atoms with Crippen LogP contribution in [0.5, 0.6) is 23.1 Å². The van der Waals surface area contributed by atoms with Gasteiger partial charge in [-0.25, -0.2) is 4.98 Å². The SMILES string of the molecule is COc1ccc([C@@H]2c3ccc(O)cc3Oc3ncn(CCN4CCOCC4)c(=N)c32)cc1. The fourth-order valence-corrected chi connectivity index (χ4v) is 4.34. The first kappa shape index (κ1) is 20.5. The van der Waals surface area contributed by atoms with Gasteiger partial charge in [-0.15, -0.1) is 0 Å². The number of methoxy groups -OCH3 is 1.